The van der Waals surface area contributed by atoms with Crippen LogP contribution in [-0.2, 0) is 4.79 Å². The van der Waals surface area contributed by atoms with Crippen molar-refractivity contribution in [2.75, 3.05) is 19.0 Å². The van der Waals surface area contributed by atoms with Crippen LogP contribution in [0.3, 0.4) is 0 Å². The van der Waals surface area contributed by atoms with Crippen LogP contribution in [0.2, 0.25) is 0 Å². The summed E-state index contributed by atoms with van der Waals surface area (Å²) in [4.78, 5) is 22.3. The van der Waals surface area contributed by atoms with Crippen molar-refractivity contribution in [3.05, 3.63) is 24.0 Å². The molecule has 0 bridgehead atoms. The second-order valence-corrected chi connectivity index (χ2v) is 6.25. The van der Waals surface area contributed by atoms with Crippen LogP contribution in [0.25, 0.3) is 6.08 Å². The molecule has 21 heavy (non-hydrogen) atoms. The highest BCUT2D eigenvalue weighted by Gasteiger charge is 2.41. The van der Waals surface area contributed by atoms with Crippen molar-refractivity contribution in [1.82, 2.24) is 15.3 Å². The zero-order valence-corrected chi connectivity index (χ0v) is 12.6. The molecule has 1 aromatic rings. The van der Waals surface area contributed by atoms with Crippen molar-refractivity contribution in [1.29, 1.82) is 0 Å². The first-order valence-electron chi connectivity index (χ1n) is 7.61. The molecule has 0 aliphatic heterocycles. The number of hydrogen-bond acceptors (Lipinski definition) is 4. The van der Waals surface area contributed by atoms with Gasteiger partial charge in [0.05, 0.1) is 0 Å². The van der Waals surface area contributed by atoms with Crippen LogP contribution in [0.1, 0.15) is 31.2 Å². The molecule has 5 nitrogen and oxygen atoms in total. The Balaban J connectivity index is 1.55. The molecule has 0 unspecified atom stereocenters. The first kappa shape index (κ1) is 14.0. The van der Waals surface area contributed by atoms with E-state index in [1.165, 1.54) is 25.7 Å². The number of carbonyl (C=O) groups excluding carboxylic acids is 1. The quantitative estimate of drug-likeness (QED) is 0.811. The summed E-state index contributed by atoms with van der Waals surface area (Å²) in [7, 11) is 3.79. The molecular formula is C16H22N4O. The van der Waals surface area contributed by atoms with E-state index in [1.54, 1.807) is 24.5 Å². The van der Waals surface area contributed by atoms with E-state index in [1.807, 2.05) is 19.0 Å². The van der Waals surface area contributed by atoms with Gasteiger partial charge in [-0.1, -0.05) is 0 Å². The SMILES string of the molecule is CN(C)c1ncc(/C=C/C(=O)NC(C2CC2)C2CC2)cn1. The van der Waals surface area contributed by atoms with E-state index in [-0.39, 0.29) is 5.91 Å². The van der Waals surface area contributed by atoms with E-state index in [0.29, 0.717) is 12.0 Å². The minimum atomic E-state index is -0.00418. The Labute approximate surface area is 125 Å². The van der Waals surface area contributed by atoms with Crippen LogP contribution in [0, 0.1) is 11.8 Å². The van der Waals surface area contributed by atoms with E-state index in [9.17, 15) is 4.79 Å². The third-order valence-electron chi connectivity index (χ3n) is 4.05. The molecule has 2 fully saturated rings. The fourth-order valence-electron chi connectivity index (χ4n) is 2.56. The lowest BCUT2D eigenvalue weighted by Gasteiger charge is -2.16. The molecule has 1 heterocycles. The molecule has 2 saturated carbocycles. The second kappa shape index (κ2) is 5.84. The number of aromatic nitrogens is 2. The maximum atomic E-state index is 12.0. The molecule has 0 saturated heterocycles. The normalized spacial score (nSPS) is 18.2. The second-order valence-electron chi connectivity index (χ2n) is 6.25. The average Bonchev–Trinajstić information content (AvgIpc) is 3.36. The topological polar surface area (TPSA) is 58.1 Å². The molecular weight excluding hydrogens is 264 g/mol. The smallest absolute Gasteiger partial charge is 0.244 e. The first-order chi connectivity index (χ1) is 10.1. The van der Waals surface area contributed by atoms with Gasteiger partial charge < -0.3 is 10.2 Å². The molecule has 0 aromatic carbocycles. The lowest BCUT2D eigenvalue weighted by molar-refractivity contribution is -0.117. The molecule has 2 aliphatic carbocycles. The highest BCUT2D eigenvalue weighted by atomic mass is 16.1. The number of rotatable bonds is 6. The lowest BCUT2D eigenvalue weighted by atomic mass is 10.1. The Morgan fingerprint density at radius 3 is 2.29 bits per heavy atom. The van der Waals surface area contributed by atoms with Gasteiger partial charge >= 0.3 is 0 Å². The van der Waals surface area contributed by atoms with Crippen LogP contribution in [0.5, 0.6) is 0 Å². The van der Waals surface area contributed by atoms with Gasteiger partial charge in [-0.25, -0.2) is 9.97 Å². The third-order valence-corrected chi connectivity index (χ3v) is 4.05. The van der Waals surface area contributed by atoms with Crippen LogP contribution in [0.4, 0.5) is 5.95 Å². The summed E-state index contributed by atoms with van der Waals surface area (Å²) in [5.41, 5.74) is 0.838. The summed E-state index contributed by atoms with van der Waals surface area (Å²) >= 11 is 0. The zero-order valence-electron chi connectivity index (χ0n) is 12.6. The van der Waals surface area contributed by atoms with Gasteiger partial charge in [0.25, 0.3) is 0 Å². The van der Waals surface area contributed by atoms with Gasteiger partial charge in [0, 0.05) is 44.2 Å². The molecule has 1 N–H and O–H groups in total. The maximum Gasteiger partial charge on any atom is 0.244 e. The number of nitrogens with one attached hydrogen (secondary N) is 1. The van der Waals surface area contributed by atoms with E-state index in [2.05, 4.69) is 15.3 Å². The predicted molar refractivity (Wildman–Crippen MR) is 82.8 cm³/mol. The van der Waals surface area contributed by atoms with Crippen LogP contribution < -0.4 is 10.2 Å². The molecule has 0 radical (unpaired) electrons. The summed E-state index contributed by atoms with van der Waals surface area (Å²) in [6.07, 6.45) is 11.9. The molecule has 1 aromatic heterocycles. The zero-order chi connectivity index (χ0) is 14.8. The number of hydrogen-bond donors (Lipinski definition) is 1. The van der Waals surface area contributed by atoms with Crippen molar-refractivity contribution in [3.63, 3.8) is 0 Å². The van der Waals surface area contributed by atoms with Crippen LogP contribution in [-0.4, -0.2) is 36.0 Å². The Morgan fingerprint density at radius 1 is 1.24 bits per heavy atom. The van der Waals surface area contributed by atoms with Crippen molar-refractivity contribution < 1.29 is 4.79 Å². The van der Waals surface area contributed by atoms with Gasteiger partial charge in [-0.2, -0.15) is 0 Å². The van der Waals surface area contributed by atoms with Gasteiger partial charge in [-0.15, -0.1) is 0 Å². The summed E-state index contributed by atoms with van der Waals surface area (Å²) in [6.45, 7) is 0. The Bertz CT molecular complexity index is 518. The minimum Gasteiger partial charge on any atom is -0.349 e. The molecule has 5 heteroatoms. The van der Waals surface area contributed by atoms with Crippen molar-refractivity contribution in [3.8, 4) is 0 Å². The van der Waals surface area contributed by atoms with Gasteiger partial charge in [0.1, 0.15) is 0 Å². The van der Waals surface area contributed by atoms with E-state index in [0.717, 1.165) is 17.4 Å². The maximum absolute atomic E-state index is 12.0. The largest absolute Gasteiger partial charge is 0.349 e. The Kier molecular flexibility index (Phi) is 3.90. The van der Waals surface area contributed by atoms with E-state index in [4.69, 9.17) is 0 Å². The monoisotopic (exact) mass is 286 g/mol. The van der Waals surface area contributed by atoms with Crippen molar-refractivity contribution in [2.24, 2.45) is 11.8 Å². The molecule has 1 amide bonds. The molecule has 3 rings (SSSR count). The number of amides is 1. The van der Waals surface area contributed by atoms with Crippen molar-refractivity contribution in [2.45, 2.75) is 31.7 Å². The third kappa shape index (κ3) is 3.80. The number of nitrogens with zero attached hydrogens (tertiary/aromatic N) is 3. The van der Waals surface area contributed by atoms with Gasteiger partial charge in [-0.05, 0) is 43.6 Å². The number of anilines is 1. The summed E-state index contributed by atoms with van der Waals surface area (Å²) in [5, 5.41) is 3.17. The van der Waals surface area contributed by atoms with Crippen molar-refractivity contribution >= 4 is 17.9 Å². The molecule has 0 atom stereocenters. The highest BCUT2D eigenvalue weighted by molar-refractivity contribution is 5.91. The molecule has 2 aliphatic rings. The first-order valence-corrected chi connectivity index (χ1v) is 7.61. The van der Waals surface area contributed by atoms with Gasteiger partial charge in [0.15, 0.2) is 0 Å². The van der Waals surface area contributed by atoms with E-state index < -0.39 is 0 Å². The van der Waals surface area contributed by atoms with Gasteiger partial charge in [-0.3, -0.25) is 4.79 Å². The molecule has 0 spiro atoms. The summed E-state index contributed by atoms with van der Waals surface area (Å²) < 4.78 is 0. The predicted octanol–water partition coefficient (Wildman–Crippen LogP) is 1.86. The molecule has 112 valence electrons. The standard InChI is InChI=1S/C16H22N4O/c1-20(2)16-17-9-11(10-18-16)3-8-14(21)19-15(12-4-5-12)13-6-7-13/h3,8-10,12-13,15H,4-7H2,1-2H3,(H,19,21)/b8-3+. The summed E-state index contributed by atoms with van der Waals surface area (Å²) in [6, 6.07) is 0.398. The fraction of sp³-hybridized carbons (Fsp3) is 0.562. The van der Waals surface area contributed by atoms with Gasteiger partial charge in [0.2, 0.25) is 11.9 Å². The summed E-state index contributed by atoms with van der Waals surface area (Å²) in [5.74, 6) is 2.10. The minimum absolute atomic E-state index is 0.00418. The van der Waals surface area contributed by atoms with Crippen LogP contribution >= 0.6 is 0 Å². The average molecular weight is 286 g/mol. The number of carbonyl (C=O) groups is 1. The highest BCUT2D eigenvalue weighted by Crippen LogP contribution is 2.44. The fourth-order valence-corrected chi connectivity index (χ4v) is 2.56. The van der Waals surface area contributed by atoms with E-state index >= 15 is 0 Å². The van der Waals surface area contributed by atoms with Crippen LogP contribution in [0.15, 0.2) is 18.5 Å². The Hall–Kier alpha value is -1.91. The Morgan fingerprint density at radius 2 is 1.81 bits per heavy atom. The lowest BCUT2D eigenvalue weighted by Crippen LogP contribution is -2.37.